The van der Waals surface area contributed by atoms with Gasteiger partial charge < -0.3 is 39.4 Å². The van der Waals surface area contributed by atoms with Crippen LogP contribution in [0, 0.1) is 27.7 Å². The second kappa shape index (κ2) is 45.1. The average molecular weight is 1690 g/mol. The maximum Gasteiger partial charge on any atom is 0.338 e. The lowest BCUT2D eigenvalue weighted by Gasteiger charge is -2.24. The quantitative estimate of drug-likeness (QED) is 0.0157. The smallest absolute Gasteiger partial charge is 0.338 e. The fraction of sp³-hybridized carbons (Fsp3) is 0.363. The van der Waals surface area contributed by atoms with Gasteiger partial charge in [0.1, 0.15) is 11.5 Å². The van der Waals surface area contributed by atoms with Gasteiger partial charge in [0.05, 0.1) is 107 Å². The molecule has 636 valence electrons. The molecule has 0 aliphatic rings. The molecule has 2 aromatic heterocycles. The highest BCUT2D eigenvalue weighted by atomic mass is 35.5. The Labute approximate surface area is 707 Å². The summed E-state index contributed by atoms with van der Waals surface area (Å²) in [6.45, 7) is 19.0. The Kier molecular flexibility index (Phi) is 34.8. The molecule has 26 nitrogen and oxygen atoms in total. The van der Waals surface area contributed by atoms with Crippen molar-refractivity contribution in [2.45, 2.75) is 139 Å². The molecule has 0 aliphatic carbocycles. The van der Waals surface area contributed by atoms with Crippen molar-refractivity contribution < 1.29 is 55.0 Å². The van der Waals surface area contributed by atoms with Crippen LogP contribution in [0.1, 0.15) is 159 Å². The van der Waals surface area contributed by atoms with Crippen LogP contribution in [0.15, 0.2) is 189 Å². The molecule has 2 heterocycles. The average Bonchev–Trinajstić information content (AvgIpc) is 0.773. The Morgan fingerprint density at radius 3 is 1.50 bits per heavy atom. The van der Waals surface area contributed by atoms with Gasteiger partial charge >= 0.3 is 11.9 Å². The van der Waals surface area contributed by atoms with E-state index in [0.717, 1.165) is 65.6 Å². The van der Waals surface area contributed by atoms with Crippen LogP contribution in [0.25, 0.3) is 21.8 Å². The van der Waals surface area contributed by atoms with Crippen LogP contribution in [0.3, 0.4) is 0 Å². The van der Waals surface area contributed by atoms with Crippen molar-refractivity contribution in [2.75, 3.05) is 99.1 Å². The summed E-state index contributed by atoms with van der Waals surface area (Å²) in [5.41, 5.74) is 7.34. The molecule has 4 N–H and O–H groups in total. The summed E-state index contributed by atoms with van der Waals surface area (Å²) >= 11 is 6.65. The summed E-state index contributed by atoms with van der Waals surface area (Å²) in [5, 5.41) is 6.65. The Balaban J connectivity index is 0.000000274. The number of amides is 2. The van der Waals surface area contributed by atoms with E-state index >= 15 is 0 Å². The number of anilines is 4. The topological polar surface area (TPSA) is 323 Å². The molecule has 10 rings (SSSR count). The largest absolute Gasteiger partial charge is 0.495 e. The summed E-state index contributed by atoms with van der Waals surface area (Å²) in [5.74, 6) is -1.46. The number of nitrogens with one attached hydrogen (secondary N) is 4. The third kappa shape index (κ3) is 26.8. The molecule has 0 saturated carbocycles. The second-order valence-corrected chi connectivity index (χ2v) is 33.2. The number of likely N-dealkylation sites (N-methyl/N-ethyl adjacent to an activating group) is 2. The van der Waals surface area contributed by atoms with E-state index in [-0.39, 0.29) is 113 Å². The number of carbonyl (C=O) groups is 4. The molecule has 0 bridgehead atoms. The maximum absolute atomic E-state index is 14.7. The molecular formula is C91H109ClN12O14S2. The van der Waals surface area contributed by atoms with Gasteiger partial charge in [0.25, 0.3) is 22.9 Å². The fourth-order valence-corrected chi connectivity index (χ4v) is 14.6. The van der Waals surface area contributed by atoms with Crippen molar-refractivity contribution in [1.29, 1.82) is 0 Å². The summed E-state index contributed by atoms with van der Waals surface area (Å²) < 4.78 is 77.1. The maximum atomic E-state index is 14.7. The number of esters is 2. The Morgan fingerprint density at radius 1 is 0.500 bits per heavy atom. The predicted octanol–water partition coefficient (Wildman–Crippen LogP) is 15.7. The van der Waals surface area contributed by atoms with Crippen molar-refractivity contribution in [3.05, 3.63) is 246 Å². The molecule has 8 aromatic carbocycles. The first-order valence-electron chi connectivity index (χ1n) is 40.6. The second-order valence-electron chi connectivity index (χ2n) is 29.1. The standard InChI is InChI=1S/C48H59ClN6O6S.C43H50N6O8S/c1-5-7-8-9-10-11-12-13-14-20-31-61-48(58)37-25-27-40(49)43(33-37)53-46(56)44(51-41-28-26-38(32-35(41)3)54(6-2)30-29-50-62(4,59)60)45-52-42-24-19-18-23-39(42)47(57)55(45)34-36-21-16-15-17-22-36;1-8-48(23-21-44-58(7,53)54)32-17-18-34(29(4)26-32)45-39(41(50)47-36-27-31(43(52)56-9-2)16-20-38(36)55-6)40-46-35-14-11-10-13-33(35)42(51)49(40)22-12-24-57-37-19-15-28(3)25-30(37)5/h15-19,21-28,32-33,50H,5-14,20,29-31,34H2,1-4H3,(H,53,56);10-11,13-20,25-27,44H,8-9,12,21-24H2,1-7H3,(H,47,50). The van der Waals surface area contributed by atoms with Gasteiger partial charge in [0.15, 0.2) is 23.1 Å². The molecule has 10 aromatic rings. The number of ether oxygens (including phenoxy) is 4. The zero-order chi connectivity index (χ0) is 86.5. The van der Waals surface area contributed by atoms with E-state index in [1.54, 1.807) is 79.7 Å². The van der Waals surface area contributed by atoms with Crippen LogP contribution in [-0.2, 0) is 52.2 Å². The monoisotopic (exact) mass is 1690 g/mol. The van der Waals surface area contributed by atoms with Gasteiger partial charge in [-0.25, -0.2) is 55.8 Å². The van der Waals surface area contributed by atoms with Gasteiger partial charge in [-0.3, -0.25) is 28.3 Å². The predicted molar refractivity (Wildman–Crippen MR) is 480 cm³/mol. The van der Waals surface area contributed by atoms with Gasteiger partial charge in [-0.15, -0.1) is 0 Å². The normalized spacial score (nSPS) is 11.7. The Bertz CT molecular complexity index is 5680. The van der Waals surface area contributed by atoms with E-state index in [1.165, 1.54) is 85.5 Å². The van der Waals surface area contributed by atoms with E-state index in [1.807, 2.05) is 124 Å². The van der Waals surface area contributed by atoms with Crippen LogP contribution in [-0.4, -0.2) is 150 Å². The van der Waals surface area contributed by atoms with Gasteiger partial charge in [0, 0.05) is 57.2 Å². The Hall–Kier alpha value is -11.4. The van der Waals surface area contributed by atoms with Crippen LogP contribution in [0.4, 0.5) is 34.1 Å². The molecule has 0 radical (unpaired) electrons. The van der Waals surface area contributed by atoms with Crippen molar-refractivity contribution in [1.82, 2.24) is 28.5 Å². The molecular weight excluding hydrogens is 1580 g/mol. The lowest BCUT2D eigenvalue weighted by molar-refractivity contribution is -0.111. The SMILES string of the molecule is CCCCCCCCCCCCOC(=O)c1ccc(Cl)c(NC(=O)C(=Nc2ccc(N(CC)CCNS(C)(=O)=O)cc2C)c2nc3ccccc3c(=O)n2Cc2ccccc2)c1.CCOC(=O)c1ccc(OC)c(NC(=O)C(=Nc2ccc(N(CC)CCNS(C)(=O)=O)cc2C)c2nc3ccccc3c(=O)n2CCCOc2ccc(C)cc2C)c1. The zero-order valence-corrected chi connectivity index (χ0v) is 72.6. The number of para-hydroxylation sites is 2. The molecule has 0 atom stereocenters. The number of fused-ring (bicyclic) bond motifs is 2. The number of methoxy groups -OCH3 is 1. The van der Waals surface area contributed by atoms with E-state index in [4.69, 9.17) is 50.5 Å². The first-order chi connectivity index (χ1) is 57.6. The highest BCUT2D eigenvalue weighted by Crippen LogP contribution is 2.32. The number of carbonyl (C=O) groups excluding carboxylic acids is 4. The summed E-state index contributed by atoms with van der Waals surface area (Å²) in [4.78, 5) is 107. The van der Waals surface area contributed by atoms with Crippen LogP contribution in [0.5, 0.6) is 11.5 Å². The van der Waals surface area contributed by atoms with Gasteiger partial charge in [0.2, 0.25) is 20.0 Å². The van der Waals surface area contributed by atoms with Crippen LogP contribution >= 0.6 is 11.6 Å². The van der Waals surface area contributed by atoms with Crippen LogP contribution < -0.4 is 50.5 Å². The number of rotatable bonds is 42. The minimum Gasteiger partial charge on any atom is -0.495 e. The molecule has 0 spiro atoms. The van der Waals surface area contributed by atoms with Crippen molar-refractivity contribution in [2.24, 2.45) is 9.98 Å². The minimum atomic E-state index is -3.35. The number of hydrogen-bond donors (Lipinski definition) is 4. The third-order valence-electron chi connectivity index (χ3n) is 19.8. The first kappa shape index (κ1) is 92.5. The number of halogens is 1. The molecule has 0 saturated heterocycles. The Morgan fingerprint density at radius 2 is 0.983 bits per heavy atom. The van der Waals surface area contributed by atoms with Gasteiger partial charge in [-0.1, -0.05) is 149 Å². The van der Waals surface area contributed by atoms with Crippen molar-refractivity contribution in [3.8, 4) is 11.5 Å². The zero-order valence-electron chi connectivity index (χ0n) is 70.2. The summed E-state index contributed by atoms with van der Waals surface area (Å²) in [6, 6.07) is 49.3. The van der Waals surface area contributed by atoms with E-state index in [0.29, 0.717) is 76.9 Å². The third-order valence-corrected chi connectivity index (χ3v) is 21.6. The molecule has 0 aliphatic heterocycles. The number of aromatic nitrogens is 4. The molecule has 2 amide bonds. The van der Waals surface area contributed by atoms with Crippen LogP contribution in [0.2, 0.25) is 5.02 Å². The molecule has 120 heavy (non-hydrogen) atoms. The molecule has 0 fully saturated rings. The number of benzene rings is 8. The summed E-state index contributed by atoms with van der Waals surface area (Å²) in [7, 11) is -5.27. The van der Waals surface area contributed by atoms with E-state index in [9.17, 15) is 45.6 Å². The number of hydrogen-bond acceptors (Lipinski definition) is 20. The highest BCUT2D eigenvalue weighted by molar-refractivity contribution is 7.89. The lowest BCUT2D eigenvalue weighted by Crippen LogP contribution is -2.34. The van der Waals surface area contributed by atoms with Gasteiger partial charge in [-0.2, -0.15) is 0 Å². The number of unbranched alkanes of at least 4 members (excludes halogenated alkanes) is 9. The fourth-order valence-electron chi connectivity index (χ4n) is 13.5. The van der Waals surface area contributed by atoms with E-state index in [2.05, 4.69) is 27.0 Å². The molecule has 29 heteroatoms. The highest BCUT2D eigenvalue weighted by Gasteiger charge is 2.28. The van der Waals surface area contributed by atoms with Gasteiger partial charge in [-0.05, 0) is 187 Å². The number of aryl methyl sites for hydroxylation is 4. The summed E-state index contributed by atoms with van der Waals surface area (Å²) in [6.07, 6.45) is 14.3. The number of aliphatic imine (C=N–C) groups is 2. The number of nitrogens with zero attached hydrogens (tertiary/aromatic N) is 8. The molecule has 0 unspecified atom stereocenters. The van der Waals surface area contributed by atoms with E-state index < -0.39 is 43.8 Å². The lowest BCUT2D eigenvalue weighted by atomic mass is 10.1. The van der Waals surface area contributed by atoms with Crippen molar-refractivity contribution >= 4 is 123 Å². The first-order valence-corrected chi connectivity index (χ1v) is 44.7. The minimum absolute atomic E-state index is 0.0266. The van der Waals surface area contributed by atoms with Crippen molar-refractivity contribution in [3.63, 3.8) is 0 Å². The number of sulfonamides is 2.